The van der Waals surface area contributed by atoms with Crippen LogP contribution in [0.2, 0.25) is 0 Å². The summed E-state index contributed by atoms with van der Waals surface area (Å²) in [5, 5.41) is 9.85. The number of fused-ring (bicyclic) bond motifs is 1. The van der Waals surface area contributed by atoms with Gasteiger partial charge in [-0.2, -0.15) is 10.2 Å². The second-order valence-corrected chi connectivity index (χ2v) is 4.97. The molecule has 0 saturated carbocycles. The van der Waals surface area contributed by atoms with Crippen LogP contribution in [0.4, 0.5) is 5.95 Å². The fourth-order valence-corrected chi connectivity index (χ4v) is 2.39. The van der Waals surface area contributed by atoms with Crippen molar-refractivity contribution in [3.8, 4) is 11.9 Å². The van der Waals surface area contributed by atoms with Crippen molar-refractivity contribution >= 4 is 32.8 Å². The van der Waals surface area contributed by atoms with Gasteiger partial charge >= 0.3 is 0 Å². The van der Waals surface area contributed by atoms with Gasteiger partial charge < -0.3 is 10.3 Å². The third-order valence-corrected chi connectivity index (χ3v) is 3.35. The maximum atomic E-state index is 8.92. The molecule has 0 aliphatic heterocycles. The second-order valence-electron chi connectivity index (χ2n) is 4.16. The van der Waals surface area contributed by atoms with E-state index in [1.54, 1.807) is 18.5 Å². The van der Waals surface area contributed by atoms with E-state index >= 15 is 0 Å². The topological polar surface area (TPSA) is 93.4 Å². The number of nitrogens with two attached hydrogens (primary N) is 1. The van der Waals surface area contributed by atoms with Crippen LogP contribution in [-0.4, -0.2) is 19.5 Å². The van der Waals surface area contributed by atoms with Crippen molar-refractivity contribution in [2.75, 3.05) is 5.73 Å². The van der Waals surface area contributed by atoms with Crippen molar-refractivity contribution in [3.63, 3.8) is 0 Å². The van der Waals surface area contributed by atoms with E-state index in [-0.39, 0.29) is 5.95 Å². The number of nitriles is 1. The van der Waals surface area contributed by atoms with Gasteiger partial charge in [0.2, 0.25) is 5.95 Å². The van der Waals surface area contributed by atoms with Crippen molar-refractivity contribution in [2.45, 2.75) is 6.42 Å². The molecule has 3 heterocycles. The molecule has 0 saturated heterocycles. The van der Waals surface area contributed by atoms with Crippen molar-refractivity contribution < 1.29 is 0 Å². The first-order chi connectivity index (χ1) is 9.69. The Morgan fingerprint density at radius 3 is 3.00 bits per heavy atom. The highest BCUT2D eigenvalue weighted by Gasteiger charge is 2.11. The molecule has 2 N–H and O–H groups in total. The van der Waals surface area contributed by atoms with E-state index in [2.05, 4.69) is 37.0 Å². The van der Waals surface area contributed by atoms with E-state index in [4.69, 9.17) is 11.0 Å². The van der Waals surface area contributed by atoms with Gasteiger partial charge in [0, 0.05) is 24.0 Å². The number of hydrogen-bond acceptors (Lipinski definition) is 5. The molecule has 0 radical (unpaired) electrons. The summed E-state index contributed by atoms with van der Waals surface area (Å²) in [6.07, 6.45) is 5.54. The second kappa shape index (κ2) is 4.90. The van der Waals surface area contributed by atoms with Gasteiger partial charge in [0.15, 0.2) is 0 Å². The van der Waals surface area contributed by atoms with Gasteiger partial charge in [-0.15, -0.1) is 0 Å². The SMILES string of the molecule is N#CCc1cn(-c2ccnc(N)n2)c2cc(Br)ncc12. The predicted octanol–water partition coefficient (Wildman–Crippen LogP) is 2.23. The molecule has 6 nitrogen and oxygen atoms in total. The van der Waals surface area contributed by atoms with Gasteiger partial charge in [0.1, 0.15) is 10.4 Å². The quantitative estimate of drug-likeness (QED) is 0.728. The maximum absolute atomic E-state index is 8.92. The van der Waals surface area contributed by atoms with Crippen molar-refractivity contribution in [1.82, 2.24) is 19.5 Å². The summed E-state index contributed by atoms with van der Waals surface area (Å²) in [5.74, 6) is 0.865. The van der Waals surface area contributed by atoms with Crippen LogP contribution in [0, 0.1) is 11.3 Å². The smallest absolute Gasteiger partial charge is 0.221 e. The first-order valence-corrected chi connectivity index (χ1v) is 6.59. The monoisotopic (exact) mass is 328 g/mol. The van der Waals surface area contributed by atoms with Crippen LogP contribution < -0.4 is 5.73 Å². The molecule has 0 atom stereocenters. The third kappa shape index (κ3) is 2.10. The molecule has 0 amide bonds. The zero-order valence-electron chi connectivity index (χ0n) is 10.3. The highest BCUT2D eigenvalue weighted by molar-refractivity contribution is 9.10. The number of pyridine rings is 1. The fraction of sp³-hybridized carbons (Fsp3) is 0.0769. The summed E-state index contributed by atoms with van der Waals surface area (Å²) in [7, 11) is 0. The van der Waals surface area contributed by atoms with E-state index in [0.29, 0.717) is 12.2 Å². The zero-order valence-corrected chi connectivity index (χ0v) is 11.9. The Balaban J connectivity index is 2.30. The molecule has 20 heavy (non-hydrogen) atoms. The lowest BCUT2D eigenvalue weighted by atomic mass is 10.2. The molecule has 3 aromatic heterocycles. The van der Waals surface area contributed by atoms with Crippen molar-refractivity contribution in [1.29, 1.82) is 5.26 Å². The summed E-state index contributed by atoms with van der Waals surface area (Å²) in [4.78, 5) is 12.3. The standard InChI is InChI=1S/C13H9BrN6/c14-11-5-10-9(6-18-11)8(1-3-15)7-20(10)12-2-4-17-13(16)19-12/h2,4-7H,1H2,(H2,16,17,19). The molecule has 0 aliphatic carbocycles. The first-order valence-electron chi connectivity index (χ1n) is 5.80. The lowest BCUT2D eigenvalue weighted by Crippen LogP contribution is -2.01. The Bertz CT molecular complexity index is 832. The van der Waals surface area contributed by atoms with Crippen LogP contribution in [0.1, 0.15) is 5.56 Å². The Hall–Kier alpha value is -2.46. The molecule has 3 aromatic rings. The van der Waals surface area contributed by atoms with Crippen LogP contribution in [0.3, 0.4) is 0 Å². The lowest BCUT2D eigenvalue weighted by Gasteiger charge is -2.04. The number of halogens is 1. The molecule has 0 aliphatic rings. The molecule has 3 rings (SSSR count). The van der Waals surface area contributed by atoms with E-state index < -0.39 is 0 Å². The number of nitrogens with zero attached hydrogens (tertiary/aromatic N) is 5. The van der Waals surface area contributed by atoms with Crippen LogP contribution in [0.15, 0.2) is 35.3 Å². The highest BCUT2D eigenvalue weighted by Crippen LogP contribution is 2.26. The maximum Gasteiger partial charge on any atom is 0.221 e. The molecule has 0 bridgehead atoms. The Kier molecular flexibility index (Phi) is 3.08. The fourth-order valence-electron chi connectivity index (χ4n) is 2.08. The van der Waals surface area contributed by atoms with E-state index in [1.807, 2.05) is 16.8 Å². The zero-order chi connectivity index (χ0) is 14.1. The molecule has 7 heteroatoms. The molecule has 0 unspecified atom stereocenters. The van der Waals surface area contributed by atoms with Crippen LogP contribution in [-0.2, 0) is 6.42 Å². The lowest BCUT2D eigenvalue weighted by molar-refractivity contribution is 1.01. The van der Waals surface area contributed by atoms with E-state index in [9.17, 15) is 0 Å². The number of nitrogen functional groups attached to an aromatic ring is 1. The summed E-state index contributed by atoms with van der Waals surface area (Å²) in [6.45, 7) is 0. The number of rotatable bonds is 2. The third-order valence-electron chi connectivity index (χ3n) is 2.92. The minimum atomic E-state index is 0.208. The van der Waals surface area contributed by atoms with Gasteiger partial charge in [-0.05, 0) is 33.6 Å². The molecular weight excluding hydrogens is 320 g/mol. The van der Waals surface area contributed by atoms with Crippen LogP contribution in [0.25, 0.3) is 16.7 Å². The summed E-state index contributed by atoms with van der Waals surface area (Å²) in [6, 6.07) is 5.80. The number of hydrogen-bond donors (Lipinski definition) is 1. The van der Waals surface area contributed by atoms with Gasteiger partial charge in [-0.1, -0.05) is 0 Å². The highest BCUT2D eigenvalue weighted by atomic mass is 79.9. The van der Waals surface area contributed by atoms with Crippen molar-refractivity contribution in [2.24, 2.45) is 0 Å². The Labute approximate surface area is 123 Å². The first kappa shape index (κ1) is 12.6. The molecular formula is C13H9BrN6. The summed E-state index contributed by atoms with van der Waals surface area (Å²) in [5.41, 5.74) is 7.44. The summed E-state index contributed by atoms with van der Waals surface area (Å²) < 4.78 is 2.60. The average molecular weight is 329 g/mol. The van der Waals surface area contributed by atoms with Gasteiger partial charge in [-0.3, -0.25) is 0 Å². The minimum absolute atomic E-state index is 0.208. The molecule has 98 valence electrons. The van der Waals surface area contributed by atoms with Crippen molar-refractivity contribution in [3.05, 3.63) is 40.9 Å². The Morgan fingerprint density at radius 2 is 2.25 bits per heavy atom. The molecule has 0 spiro atoms. The molecule has 0 fully saturated rings. The predicted molar refractivity (Wildman–Crippen MR) is 78.1 cm³/mol. The van der Waals surface area contributed by atoms with Crippen LogP contribution in [0.5, 0.6) is 0 Å². The van der Waals surface area contributed by atoms with E-state index in [0.717, 1.165) is 21.1 Å². The van der Waals surface area contributed by atoms with Crippen LogP contribution >= 0.6 is 15.9 Å². The number of aromatic nitrogens is 4. The number of anilines is 1. The van der Waals surface area contributed by atoms with E-state index in [1.165, 1.54) is 0 Å². The molecule has 0 aromatic carbocycles. The Morgan fingerprint density at radius 1 is 1.40 bits per heavy atom. The normalized spacial score (nSPS) is 10.6. The minimum Gasteiger partial charge on any atom is -0.368 e. The summed E-state index contributed by atoms with van der Waals surface area (Å²) >= 11 is 3.35. The van der Waals surface area contributed by atoms with Gasteiger partial charge in [0.05, 0.1) is 18.0 Å². The van der Waals surface area contributed by atoms with Gasteiger partial charge in [0.25, 0.3) is 0 Å². The average Bonchev–Trinajstić information content (AvgIpc) is 2.77. The van der Waals surface area contributed by atoms with Gasteiger partial charge in [-0.25, -0.2) is 9.97 Å². The largest absolute Gasteiger partial charge is 0.368 e.